The molecule has 8 nitrogen and oxygen atoms in total. The summed E-state index contributed by atoms with van der Waals surface area (Å²) in [5.74, 6) is -2.05. The number of ether oxygens (including phenoxy) is 2. The number of nitrogens with zero attached hydrogens (tertiary/aromatic N) is 2. The van der Waals surface area contributed by atoms with Gasteiger partial charge in [-0.1, -0.05) is 43.7 Å². The molecule has 0 bridgehead atoms. The van der Waals surface area contributed by atoms with Crippen LogP contribution in [0.3, 0.4) is 0 Å². The SMILES string of the molecule is CCCCOc1ccc(N2C(=O)[C@@H]3[C@H](C2=O)[C@H](C(=O)c2ccc(OC(C)=O)cc2)N2c4ccccc4C=C[C@@H]32)cc1. The molecule has 3 aliphatic heterocycles. The molecular formula is C33H30N2O6. The molecule has 2 fully saturated rings. The number of carbonyl (C=O) groups is 4. The Morgan fingerprint density at radius 2 is 1.54 bits per heavy atom. The van der Waals surface area contributed by atoms with Gasteiger partial charge in [0.2, 0.25) is 11.8 Å². The average Bonchev–Trinajstić information content (AvgIpc) is 3.46. The van der Waals surface area contributed by atoms with Crippen LogP contribution in [0, 0.1) is 11.8 Å². The number of Topliss-reactive ketones (excluding diaryl/α,β-unsaturated/α-hetero) is 1. The normalized spacial score (nSPS) is 22.3. The van der Waals surface area contributed by atoms with Crippen LogP contribution in [0.4, 0.5) is 11.4 Å². The van der Waals surface area contributed by atoms with Crippen LogP contribution in [0.5, 0.6) is 11.5 Å². The average molecular weight is 551 g/mol. The van der Waals surface area contributed by atoms with Crippen molar-refractivity contribution in [2.45, 2.75) is 38.8 Å². The van der Waals surface area contributed by atoms with Crippen molar-refractivity contribution < 1.29 is 28.7 Å². The van der Waals surface area contributed by atoms with E-state index < -0.39 is 35.8 Å². The van der Waals surface area contributed by atoms with Crippen LogP contribution in [-0.2, 0) is 14.4 Å². The van der Waals surface area contributed by atoms with E-state index in [1.165, 1.54) is 11.8 Å². The van der Waals surface area contributed by atoms with Crippen molar-refractivity contribution in [3.8, 4) is 11.5 Å². The van der Waals surface area contributed by atoms with Gasteiger partial charge in [0, 0.05) is 18.2 Å². The lowest BCUT2D eigenvalue weighted by molar-refractivity contribution is -0.132. The van der Waals surface area contributed by atoms with Crippen molar-refractivity contribution in [2.75, 3.05) is 16.4 Å². The van der Waals surface area contributed by atoms with Crippen LogP contribution in [0.25, 0.3) is 6.08 Å². The fraction of sp³-hybridized carbons (Fsp3) is 0.273. The van der Waals surface area contributed by atoms with E-state index in [4.69, 9.17) is 9.47 Å². The van der Waals surface area contributed by atoms with Crippen molar-refractivity contribution in [1.29, 1.82) is 0 Å². The minimum Gasteiger partial charge on any atom is -0.494 e. The molecule has 0 N–H and O–H groups in total. The summed E-state index contributed by atoms with van der Waals surface area (Å²) in [6.07, 6.45) is 5.84. The molecule has 208 valence electrons. The lowest BCUT2D eigenvalue weighted by Gasteiger charge is -2.36. The van der Waals surface area contributed by atoms with Crippen molar-refractivity contribution in [2.24, 2.45) is 11.8 Å². The van der Waals surface area contributed by atoms with E-state index in [0.717, 1.165) is 24.1 Å². The van der Waals surface area contributed by atoms with E-state index >= 15 is 0 Å². The molecule has 0 unspecified atom stereocenters. The van der Waals surface area contributed by atoms with Crippen LogP contribution in [0.15, 0.2) is 78.9 Å². The summed E-state index contributed by atoms with van der Waals surface area (Å²) in [5.41, 5.74) is 2.55. The number of anilines is 2. The number of amides is 2. The molecule has 0 aliphatic carbocycles. The van der Waals surface area contributed by atoms with Gasteiger partial charge in [-0.25, -0.2) is 4.90 Å². The fourth-order valence-electron chi connectivity index (χ4n) is 6.12. The Balaban J connectivity index is 1.36. The first-order valence-electron chi connectivity index (χ1n) is 13.9. The fourth-order valence-corrected chi connectivity index (χ4v) is 6.12. The van der Waals surface area contributed by atoms with E-state index in [0.29, 0.717) is 29.4 Å². The van der Waals surface area contributed by atoms with Crippen molar-refractivity contribution in [3.05, 3.63) is 90.0 Å². The number of unbranched alkanes of at least 4 members (excludes halogenated alkanes) is 1. The van der Waals surface area contributed by atoms with Gasteiger partial charge in [-0.15, -0.1) is 0 Å². The predicted molar refractivity (Wildman–Crippen MR) is 154 cm³/mol. The summed E-state index contributed by atoms with van der Waals surface area (Å²) >= 11 is 0. The highest BCUT2D eigenvalue weighted by atomic mass is 16.5. The van der Waals surface area contributed by atoms with Crippen LogP contribution >= 0.6 is 0 Å². The summed E-state index contributed by atoms with van der Waals surface area (Å²) in [7, 11) is 0. The second-order valence-electron chi connectivity index (χ2n) is 10.5. The van der Waals surface area contributed by atoms with E-state index in [-0.39, 0.29) is 11.7 Å². The second-order valence-corrected chi connectivity index (χ2v) is 10.5. The summed E-state index contributed by atoms with van der Waals surface area (Å²) in [4.78, 5) is 56.7. The van der Waals surface area contributed by atoms with Gasteiger partial charge < -0.3 is 14.4 Å². The number of para-hydroxylation sites is 1. The third-order valence-electron chi connectivity index (χ3n) is 7.95. The number of rotatable bonds is 8. The third-order valence-corrected chi connectivity index (χ3v) is 7.95. The minimum atomic E-state index is -0.895. The molecule has 2 amide bonds. The molecule has 0 radical (unpaired) electrons. The highest BCUT2D eigenvalue weighted by Gasteiger charge is 2.64. The number of carbonyl (C=O) groups excluding carboxylic acids is 4. The molecule has 3 aromatic carbocycles. The lowest BCUT2D eigenvalue weighted by atomic mass is 9.86. The van der Waals surface area contributed by atoms with Gasteiger partial charge in [-0.3, -0.25) is 19.2 Å². The van der Waals surface area contributed by atoms with Gasteiger partial charge in [-0.2, -0.15) is 0 Å². The van der Waals surface area contributed by atoms with Crippen molar-refractivity contribution in [1.82, 2.24) is 0 Å². The number of hydrogen-bond donors (Lipinski definition) is 0. The topological polar surface area (TPSA) is 93.2 Å². The molecule has 2 saturated heterocycles. The molecule has 3 aliphatic rings. The molecule has 0 saturated carbocycles. The predicted octanol–water partition coefficient (Wildman–Crippen LogP) is 5.06. The summed E-state index contributed by atoms with van der Waals surface area (Å²) in [6, 6.07) is 19.6. The van der Waals surface area contributed by atoms with Crippen molar-refractivity contribution >= 4 is 41.0 Å². The number of esters is 1. The van der Waals surface area contributed by atoms with Crippen molar-refractivity contribution in [3.63, 3.8) is 0 Å². The van der Waals surface area contributed by atoms with E-state index in [9.17, 15) is 19.2 Å². The summed E-state index contributed by atoms with van der Waals surface area (Å²) in [5, 5.41) is 0. The molecule has 3 heterocycles. The zero-order chi connectivity index (χ0) is 28.7. The zero-order valence-electron chi connectivity index (χ0n) is 22.9. The lowest BCUT2D eigenvalue weighted by Crippen LogP contribution is -2.48. The monoisotopic (exact) mass is 550 g/mol. The standard InChI is InChI=1S/C33H30N2O6/c1-3-4-19-40-24-16-12-23(13-17-24)34-32(38)28-27-18-11-21-7-5-6-8-26(21)35(27)30(29(28)33(34)39)31(37)22-9-14-25(15-10-22)41-20(2)36/h5-18,27-30H,3-4,19H2,1-2H3/t27-,28-,29-,30+/m0/s1. The number of hydrogen-bond acceptors (Lipinski definition) is 7. The summed E-state index contributed by atoms with van der Waals surface area (Å²) in [6.45, 7) is 3.99. The smallest absolute Gasteiger partial charge is 0.308 e. The number of benzene rings is 3. The second kappa shape index (κ2) is 10.7. The van der Waals surface area contributed by atoms with Crippen LogP contribution < -0.4 is 19.3 Å². The Kier molecular flexibility index (Phi) is 6.91. The number of imide groups is 1. The van der Waals surface area contributed by atoms with Gasteiger partial charge in [0.1, 0.15) is 17.5 Å². The van der Waals surface area contributed by atoms with Crippen LogP contribution in [0.2, 0.25) is 0 Å². The first-order valence-corrected chi connectivity index (χ1v) is 13.9. The summed E-state index contributed by atoms with van der Waals surface area (Å²) < 4.78 is 10.9. The zero-order valence-corrected chi connectivity index (χ0v) is 22.9. The maximum absolute atomic E-state index is 14.2. The molecular weight excluding hydrogens is 520 g/mol. The van der Waals surface area contributed by atoms with E-state index in [1.807, 2.05) is 41.3 Å². The molecule has 3 aromatic rings. The van der Waals surface area contributed by atoms with Crippen LogP contribution in [0.1, 0.15) is 42.6 Å². The maximum atomic E-state index is 14.2. The molecule has 0 spiro atoms. The van der Waals surface area contributed by atoms with Crippen LogP contribution in [-0.4, -0.2) is 42.3 Å². The molecule has 6 rings (SSSR count). The highest BCUT2D eigenvalue weighted by Crippen LogP contribution is 2.50. The number of fused-ring (bicyclic) bond motifs is 5. The minimum absolute atomic E-state index is 0.273. The van der Waals surface area contributed by atoms with E-state index in [1.54, 1.807) is 48.5 Å². The largest absolute Gasteiger partial charge is 0.494 e. The van der Waals surface area contributed by atoms with Gasteiger partial charge in [0.15, 0.2) is 5.78 Å². The first kappa shape index (κ1) is 26.5. The Morgan fingerprint density at radius 1 is 0.854 bits per heavy atom. The van der Waals surface area contributed by atoms with Gasteiger partial charge in [0.25, 0.3) is 0 Å². The van der Waals surface area contributed by atoms with Gasteiger partial charge in [-0.05, 0) is 66.6 Å². The number of ketones is 1. The molecule has 0 aromatic heterocycles. The Hall–Kier alpha value is -4.72. The third kappa shape index (κ3) is 4.59. The van der Waals surface area contributed by atoms with Gasteiger partial charge in [0.05, 0.1) is 30.2 Å². The Labute approximate surface area is 238 Å². The Bertz CT molecular complexity index is 1540. The molecule has 8 heteroatoms. The Morgan fingerprint density at radius 3 is 2.24 bits per heavy atom. The highest BCUT2D eigenvalue weighted by molar-refractivity contribution is 6.25. The molecule has 41 heavy (non-hydrogen) atoms. The van der Waals surface area contributed by atoms with E-state index in [2.05, 4.69) is 6.92 Å². The quantitative estimate of drug-likeness (QED) is 0.127. The van der Waals surface area contributed by atoms with Gasteiger partial charge >= 0.3 is 5.97 Å². The maximum Gasteiger partial charge on any atom is 0.308 e. The first-order chi connectivity index (χ1) is 19.9. The molecule has 4 atom stereocenters.